The summed E-state index contributed by atoms with van der Waals surface area (Å²) in [6.07, 6.45) is -1.65. The monoisotopic (exact) mass is 414 g/mol. The number of aromatic nitrogens is 2. The molecule has 2 heterocycles. The highest BCUT2D eigenvalue weighted by atomic mass is 32.2. The molecule has 0 aliphatic carbocycles. The van der Waals surface area contributed by atoms with Gasteiger partial charge in [-0.1, -0.05) is 6.07 Å². The van der Waals surface area contributed by atoms with E-state index in [2.05, 4.69) is 14.9 Å². The number of alkyl halides is 3. The molecule has 0 saturated carbocycles. The van der Waals surface area contributed by atoms with Crippen LogP contribution in [0.25, 0.3) is 0 Å². The molecule has 0 amide bonds. The highest BCUT2D eigenvalue weighted by molar-refractivity contribution is 7.98. The smallest absolute Gasteiger partial charge is 0.392 e. The minimum atomic E-state index is -4.64. The predicted octanol–water partition coefficient (Wildman–Crippen LogP) is 2.53. The number of piperazine rings is 1. The van der Waals surface area contributed by atoms with E-state index in [4.69, 9.17) is 5.11 Å². The van der Waals surface area contributed by atoms with Crippen LogP contribution >= 0.6 is 11.8 Å². The molecule has 1 saturated heterocycles. The van der Waals surface area contributed by atoms with Gasteiger partial charge in [0.05, 0.1) is 13.2 Å². The van der Waals surface area contributed by atoms with E-state index < -0.39 is 18.5 Å². The summed E-state index contributed by atoms with van der Waals surface area (Å²) in [5, 5.41) is 18.5. The minimum Gasteiger partial charge on any atom is -0.392 e. The third-order valence-corrected chi connectivity index (χ3v) is 5.48. The predicted molar refractivity (Wildman–Crippen MR) is 102 cm³/mol. The first kappa shape index (κ1) is 20.7. The van der Waals surface area contributed by atoms with Gasteiger partial charge in [-0.05, 0) is 24.0 Å². The molecule has 1 aliphatic heterocycles. The maximum absolute atomic E-state index is 13.2. The van der Waals surface area contributed by atoms with E-state index in [1.807, 2.05) is 24.5 Å². The summed E-state index contributed by atoms with van der Waals surface area (Å²) in [5.74, 6) is 0.0182. The Hall–Kier alpha value is -2.04. The van der Waals surface area contributed by atoms with Gasteiger partial charge in [-0.15, -0.1) is 11.8 Å². The van der Waals surface area contributed by atoms with Gasteiger partial charge in [0.1, 0.15) is 0 Å². The standard InChI is InChI=1S/C18H21F3N4O2S/c1-28-15-8-14(3-2-12(15)10-26)24-4-6-25(7-5-24)17-22-9-13(11-27)16(23-17)18(19,20)21/h2-3,8-9,26-27H,4-7,10-11H2,1H3. The molecule has 3 rings (SSSR count). The van der Waals surface area contributed by atoms with Crippen molar-refractivity contribution in [1.29, 1.82) is 0 Å². The second-order valence-electron chi connectivity index (χ2n) is 6.33. The quantitative estimate of drug-likeness (QED) is 0.729. The number of aliphatic hydroxyl groups excluding tert-OH is 2. The number of halogens is 3. The molecule has 2 N–H and O–H groups in total. The van der Waals surface area contributed by atoms with Crippen LogP contribution in [-0.4, -0.2) is 52.6 Å². The Morgan fingerprint density at radius 3 is 2.25 bits per heavy atom. The Kier molecular flexibility index (Phi) is 6.31. The van der Waals surface area contributed by atoms with E-state index in [0.29, 0.717) is 26.2 Å². The fraction of sp³-hybridized carbons (Fsp3) is 0.444. The normalized spacial score (nSPS) is 15.2. The highest BCUT2D eigenvalue weighted by Crippen LogP contribution is 2.32. The number of rotatable bonds is 5. The topological polar surface area (TPSA) is 72.7 Å². The zero-order chi connectivity index (χ0) is 20.3. The van der Waals surface area contributed by atoms with E-state index >= 15 is 0 Å². The molecule has 0 radical (unpaired) electrons. The Morgan fingerprint density at radius 2 is 1.68 bits per heavy atom. The molecule has 1 aromatic carbocycles. The van der Waals surface area contributed by atoms with Gasteiger partial charge in [-0.3, -0.25) is 0 Å². The molecule has 28 heavy (non-hydrogen) atoms. The second kappa shape index (κ2) is 8.54. The maximum atomic E-state index is 13.2. The third kappa shape index (κ3) is 4.34. The van der Waals surface area contributed by atoms with Crippen LogP contribution in [0.2, 0.25) is 0 Å². The Balaban J connectivity index is 1.74. The van der Waals surface area contributed by atoms with Gasteiger partial charge in [-0.25, -0.2) is 9.97 Å². The lowest BCUT2D eigenvalue weighted by Crippen LogP contribution is -2.47. The summed E-state index contributed by atoms with van der Waals surface area (Å²) < 4.78 is 39.5. The number of thioether (sulfide) groups is 1. The van der Waals surface area contributed by atoms with Gasteiger partial charge >= 0.3 is 6.18 Å². The molecule has 0 spiro atoms. The maximum Gasteiger partial charge on any atom is 0.433 e. The van der Waals surface area contributed by atoms with Crippen LogP contribution < -0.4 is 9.80 Å². The Morgan fingerprint density at radius 1 is 1.04 bits per heavy atom. The van der Waals surface area contributed by atoms with E-state index in [-0.39, 0.29) is 18.1 Å². The summed E-state index contributed by atoms with van der Waals surface area (Å²) in [4.78, 5) is 12.5. The first-order chi connectivity index (χ1) is 13.4. The van der Waals surface area contributed by atoms with Gasteiger partial charge in [0.2, 0.25) is 5.95 Å². The molecule has 1 fully saturated rings. The molecule has 152 valence electrons. The van der Waals surface area contributed by atoms with E-state index in [1.165, 1.54) is 0 Å². The molecule has 0 unspecified atom stereocenters. The van der Waals surface area contributed by atoms with Gasteiger partial charge in [0.15, 0.2) is 5.69 Å². The number of hydrogen-bond acceptors (Lipinski definition) is 7. The van der Waals surface area contributed by atoms with Crippen molar-refractivity contribution < 1.29 is 23.4 Å². The number of aliphatic hydroxyl groups is 2. The molecular weight excluding hydrogens is 393 g/mol. The molecule has 0 bridgehead atoms. The number of nitrogens with zero attached hydrogens (tertiary/aromatic N) is 4. The van der Waals surface area contributed by atoms with Crippen LogP contribution in [0.1, 0.15) is 16.8 Å². The lowest BCUT2D eigenvalue weighted by atomic mass is 10.2. The zero-order valence-corrected chi connectivity index (χ0v) is 16.1. The summed E-state index contributed by atoms with van der Waals surface area (Å²) in [5.41, 5.74) is 0.454. The Bertz CT molecular complexity index is 827. The molecular formula is C18H21F3N4O2S. The molecule has 1 aromatic heterocycles. The summed E-state index contributed by atoms with van der Waals surface area (Å²) in [7, 11) is 0. The molecule has 1 aliphatic rings. The van der Waals surface area contributed by atoms with Crippen molar-refractivity contribution in [2.24, 2.45) is 0 Å². The fourth-order valence-corrected chi connectivity index (χ4v) is 3.77. The highest BCUT2D eigenvalue weighted by Gasteiger charge is 2.36. The van der Waals surface area contributed by atoms with Gasteiger partial charge < -0.3 is 20.0 Å². The van der Waals surface area contributed by atoms with Crippen LogP contribution in [0.5, 0.6) is 0 Å². The number of hydrogen-bond donors (Lipinski definition) is 2. The minimum absolute atomic E-state index is 0.0182. The van der Waals surface area contributed by atoms with Crippen molar-refractivity contribution in [3.8, 4) is 0 Å². The van der Waals surface area contributed by atoms with Gasteiger partial charge in [0, 0.05) is 48.5 Å². The first-order valence-electron chi connectivity index (χ1n) is 8.69. The zero-order valence-electron chi connectivity index (χ0n) is 15.3. The van der Waals surface area contributed by atoms with Crippen molar-refractivity contribution in [2.75, 3.05) is 42.2 Å². The molecule has 0 atom stereocenters. The fourth-order valence-electron chi connectivity index (χ4n) is 3.14. The third-order valence-electron chi connectivity index (χ3n) is 4.66. The van der Waals surface area contributed by atoms with E-state index in [1.54, 1.807) is 16.7 Å². The summed E-state index contributed by atoms with van der Waals surface area (Å²) in [6.45, 7) is 1.40. The van der Waals surface area contributed by atoms with Gasteiger partial charge in [-0.2, -0.15) is 13.2 Å². The van der Waals surface area contributed by atoms with Crippen molar-refractivity contribution in [3.63, 3.8) is 0 Å². The van der Waals surface area contributed by atoms with Crippen LogP contribution in [-0.2, 0) is 19.4 Å². The number of benzene rings is 1. The van der Waals surface area contributed by atoms with Crippen LogP contribution in [0.4, 0.5) is 24.8 Å². The van der Waals surface area contributed by atoms with E-state index in [9.17, 15) is 18.3 Å². The lowest BCUT2D eigenvalue weighted by Gasteiger charge is -2.36. The van der Waals surface area contributed by atoms with Crippen molar-refractivity contribution in [3.05, 3.63) is 41.2 Å². The van der Waals surface area contributed by atoms with Crippen molar-refractivity contribution in [2.45, 2.75) is 24.3 Å². The second-order valence-corrected chi connectivity index (χ2v) is 7.18. The Labute approximate surface area is 165 Å². The average molecular weight is 414 g/mol. The van der Waals surface area contributed by atoms with Gasteiger partial charge in [0.25, 0.3) is 0 Å². The SMILES string of the molecule is CSc1cc(N2CCN(c3ncc(CO)c(C(F)(F)F)n3)CC2)ccc1CO. The molecule has 6 nitrogen and oxygen atoms in total. The summed E-state index contributed by atoms with van der Waals surface area (Å²) >= 11 is 1.56. The first-order valence-corrected chi connectivity index (χ1v) is 9.91. The molecule has 10 heteroatoms. The summed E-state index contributed by atoms with van der Waals surface area (Å²) in [6, 6.07) is 5.84. The average Bonchev–Trinajstić information content (AvgIpc) is 2.72. The lowest BCUT2D eigenvalue weighted by molar-refractivity contribution is -0.142. The van der Waals surface area contributed by atoms with E-state index in [0.717, 1.165) is 22.3 Å². The van der Waals surface area contributed by atoms with Crippen LogP contribution in [0, 0.1) is 0 Å². The largest absolute Gasteiger partial charge is 0.433 e. The van der Waals surface area contributed by atoms with Crippen molar-refractivity contribution >= 4 is 23.4 Å². The molecule has 2 aromatic rings. The number of anilines is 2. The van der Waals surface area contributed by atoms with Crippen LogP contribution in [0.3, 0.4) is 0 Å². The van der Waals surface area contributed by atoms with Crippen LogP contribution in [0.15, 0.2) is 29.3 Å². The van der Waals surface area contributed by atoms with Crippen molar-refractivity contribution in [1.82, 2.24) is 9.97 Å².